The van der Waals surface area contributed by atoms with Gasteiger partial charge in [-0.3, -0.25) is 14.4 Å². The van der Waals surface area contributed by atoms with Crippen LogP contribution in [-0.2, 0) is 16.0 Å². The predicted octanol–water partition coefficient (Wildman–Crippen LogP) is 4.02. The van der Waals surface area contributed by atoms with E-state index in [-0.39, 0.29) is 41.5 Å². The summed E-state index contributed by atoms with van der Waals surface area (Å²) in [7, 11) is 0. The van der Waals surface area contributed by atoms with Crippen molar-refractivity contribution < 1.29 is 14.4 Å². The van der Waals surface area contributed by atoms with E-state index in [0.717, 1.165) is 28.6 Å². The third-order valence-corrected chi connectivity index (χ3v) is 8.23. The Hall–Kier alpha value is -3.74. The first-order valence-electron chi connectivity index (χ1n) is 13.1. The van der Waals surface area contributed by atoms with Crippen LogP contribution in [0, 0.1) is 11.3 Å². The third-order valence-electron chi connectivity index (χ3n) is 8.23. The number of hydrogen-bond donors (Lipinski definition) is 0. The molecule has 4 heterocycles. The van der Waals surface area contributed by atoms with Crippen LogP contribution in [0.25, 0.3) is 11.6 Å². The Morgan fingerprint density at radius 3 is 2.43 bits per heavy atom. The molecule has 2 amide bonds. The number of nitrogens with zero attached hydrogens (tertiary/aromatic N) is 4. The van der Waals surface area contributed by atoms with Crippen molar-refractivity contribution in [3.05, 3.63) is 77.1 Å². The minimum atomic E-state index is -0.411. The maximum absolute atomic E-state index is 13.8. The summed E-state index contributed by atoms with van der Waals surface area (Å²) in [5, 5.41) is 4.44. The lowest BCUT2D eigenvalue weighted by Gasteiger charge is -2.39. The highest BCUT2D eigenvalue weighted by Gasteiger charge is 2.50. The van der Waals surface area contributed by atoms with E-state index >= 15 is 0 Å². The predicted molar refractivity (Wildman–Crippen MR) is 141 cm³/mol. The smallest absolute Gasteiger partial charge is 0.274 e. The molecule has 7 heteroatoms. The molecule has 6 rings (SSSR count). The topological polar surface area (TPSA) is 75.0 Å². The summed E-state index contributed by atoms with van der Waals surface area (Å²) >= 11 is 0. The summed E-state index contributed by atoms with van der Waals surface area (Å²) < 4.78 is 1.71. The highest BCUT2D eigenvalue weighted by molar-refractivity contribution is 6.03. The molecule has 7 nitrogen and oxygen atoms in total. The summed E-state index contributed by atoms with van der Waals surface area (Å²) in [5.74, 6) is -0.410. The summed E-state index contributed by atoms with van der Waals surface area (Å²) in [6.07, 6.45) is 5.42. The molecule has 2 saturated heterocycles. The molecule has 2 aromatic heterocycles. The van der Waals surface area contributed by atoms with Crippen molar-refractivity contribution in [3.63, 3.8) is 0 Å². The molecule has 3 aliphatic rings. The SMILES string of the molecule is CC(C)(C)[C@H](CC(=O)C1=Cc2ccccc2C1)C(=O)N1C[C@@H]2C[C@H]1CN2C(=O)c1cc2ccccn2n1. The zero-order valence-electron chi connectivity index (χ0n) is 21.6. The molecule has 1 aliphatic carbocycles. The lowest BCUT2D eigenvalue weighted by atomic mass is 9.76. The van der Waals surface area contributed by atoms with Crippen LogP contribution in [0.15, 0.2) is 60.3 Å². The van der Waals surface area contributed by atoms with Crippen molar-refractivity contribution in [2.45, 2.75) is 52.1 Å². The van der Waals surface area contributed by atoms with E-state index in [4.69, 9.17) is 0 Å². The number of likely N-dealkylation sites (tertiary alicyclic amines) is 2. The Labute approximate surface area is 216 Å². The first kappa shape index (κ1) is 23.6. The van der Waals surface area contributed by atoms with E-state index in [0.29, 0.717) is 25.2 Å². The number of benzene rings is 1. The van der Waals surface area contributed by atoms with Gasteiger partial charge in [0.15, 0.2) is 11.5 Å². The Kier molecular flexibility index (Phi) is 5.55. The minimum Gasteiger partial charge on any atom is -0.336 e. The summed E-state index contributed by atoms with van der Waals surface area (Å²) in [6, 6.07) is 15.6. The normalized spacial score (nSPS) is 21.3. The van der Waals surface area contributed by atoms with Gasteiger partial charge in [0.05, 0.1) is 23.5 Å². The second kappa shape index (κ2) is 8.68. The van der Waals surface area contributed by atoms with Crippen molar-refractivity contribution in [1.29, 1.82) is 0 Å². The van der Waals surface area contributed by atoms with Crippen LogP contribution in [0.4, 0.5) is 0 Å². The molecular formula is C30H32N4O3. The van der Waals surface area contributed by atoms with Gasteiger partial charge in [-0.1, -0.05) is 51.1 Å². The number of aromatic nitrogens is 2. The van der Waals surface area contributed by atoms with Crippen LogP contribution in [0.3, 0.4) is 0 Å². The van der Waals surface area contributed by atoms with Crippen molar-refractivity contribution in [3.8, 4) is 0 Å². The fourth-order valence-corrected chi connectivity index (χ4v) is 6.11. The lowest BCUT2D eigenvalue weighted by molar-refractivity contribution is -0.143. The Morgan fingerprint density at radius 1 is 1.00 bits per heavy atom. The molecule has 0 saturated carbocycles. The molecule has 2 bridgehead atoms. The Bertz CT molecular complexity index is 1410. The van der Waals surface area contributed by atoms with Crippen molar-refractivity contribution in [2.24, 2.45) is 11.3 Å². The second-order valence-electron chi connectivity index (χ2n) is 11.7. The maximum atomic E-state index is 13.8. The lowest BCUT2D eigenvalue weighted by Crippen LogP contribution is -2.53. The molecule has 0 radical (unpaired) electrons. The molecule has 3 aromatic rings. The van der Waals surface area contributed by atoms with Gasteiger partial charge < -0.3 is 9.80 Å². The number of Topliss-reactive ketones (excluding diaryl/α,β-unsaturated/α-hetero) is 1. The molecule has 37 heavy (non-hydrogen) atoms. The van der Waals surface area contributed by atoms with E-state index < -0.39 is 5.92 Å². The molecule has 2 fully saturated rings. The van der Waals surface area contributed by atoms with Gasteiger partial charge >= 0.3 is 0 Å². The van der Waals surface area contributed by atoms with Crippen molar-refractivity contribution >= 4 is 29.2 Å². The van der Waals surface area contributed by atoms with Crippen LogP contribution in [0.5, 0.6) is 0 Å². The summed E-state index contributed by atoms with van der Waals surface area (Å²) in [4.78, 5) is 44.2. The number of hydrogen-bond acceptors (Lipinski definition) is 4. The van der Waals surface area contributed by atoms with Gasteiger partial charge in [0.25, 0.3) is 5.91 Å². The molecule has 2 aliphatic heterocycles. The minimum absolute atomic E-state index is 0.0189. The fraction of sp³-hybridized carbons (Fsp3) is 0.400. The van der Waals surface area contributed by atoms with Crippen LogP contribution in [0.2, 0.25) is 0 Å². The number of piperazine rings is 1. The van der Waals surface area contributed by atoms with Crippen LogP contribution in [-0.4, -0.2) is 62.2 Å². The number of amides is 2. The van der Waals surface area contributed by atoms with Gasteiger partial charge in [-0.2, -0.15) is 5.10 Å². The average Bonchev–Trinajstić information content (AvgIpc) is 3.66. The van der Waals surface area contributed by atoms with Gasteiger partial charge in [-0.05, 0) is 47.2 Å². The van der Waals surface area contributed by atoms with E-state index in [2.05, 4.69) is 11.2 Å². The highest BCUT2D eigenvalue weighted by Crippen LogP contribution is 2.38. The zero-order chi connectivity index (χ0) is 25.9. The first-order chi connectivity index (χ1) is 17.7. The number of carbonyl (C=O) groups excluding carboxylic acids is 3. The van der Waals surface area contributed by atoms with E-state index in [1.54, 1.807) is 4.52 Å². The van der Waals surface area contributed by atoms with Crippen LogP contribution in [0.1, 0.15) is 55.2 Å². The Morgan fingerprint density at radius 2 is 1.73 bits per heavy atom. The average molecular weight is 497 g/mol. The molecule has 0 N–H and O–H groups in total. The first-order valence-corrected chi connectivity index (χ1v) is 13.1. The summed E-state index contributed by atoms with van der Waals surface area (Å²) in [5.41, 5.74) is 4.00. The van der Waals surface area contributed by atoms with E-state index in [1.807, 2.05) is 85.3 Å². The molecular weight excluding hydrogens is 464 g/mol. The molecule has 0 unspecified atom stereocenters. The quantitative estimate of drug-likeness (QED) is 0.535. The highest BCUT2D eigenvalue weighted by atomic mass is 16.2. The number of rotatable bonds is 5. The zero-order valence-corrected chi connectivity index (χ0v) is 21.6. The van der Waals surface area contributed by atoms with Gasteiger partial charge in [-0.15, -0.1) is 0 Å². The monoisotopic (exact) mass is 496 g/mol. The Balaban J connectivity index is 1.14. The number of allylic oxidation sites excluding steroid dienone is 1. The van der Waals surface area contributed by atoms with Gasteiger partial charge in [0.2, 0.25) is 5.91 Å². The molecule has 3 atom stereocenters. The van der Waals surface area contributed by atoms with Crippen LogP contribution < -0.4 is 0 Å². The largest absolute Gasteiger partial charge is 0.336 e. The van der Waals surface area contributed by atoms with Crippen molar-refractivity contribution in [2.75, 3.05) is 13.1 Å². The molecule has 0 spiro atoms. The van der Waals surface area contributed by atoms with Gasteiger partial charge in [0, 0.05) is 37.7 Å². The summed E-state index contributed by atoms with van der Waals surface area (Å²) in [6.45, 7) is 7.13. The van der Waals surface area contributed by atoms with E-state index in [9.17, 15) is 14.4 Å². The second-order valence-corrected chi connectivity index (χ2v) is 11.7. The fourth-order valence-electron chi connectivity index (χ4n) is 6.11. The number of pyridine rings is 1. The van der Waals surface area contributed by atoms with Gasteiger partial charge in [0.1, 0.15) is 0 Å². The number of carbonyl (C=O) groups is 3. The van der Waals surface area contributed by atoms with Crippen molar-refractivity contribution in [1.82, 2.24) is 19.4 Å². The third kappa shape index (κ3) is 4.16. The standard InChI is InChI=1S/C30H32N4O3/c1-30(2,3)25(16-27(35)21-12-19-8-4-5-9-20(19)13-21)28(36)32-17-24-14-23(32)18-33(24)29(37)26-15-22-10-6-7-11-34(22)31-26/h4-12,15,23-25H,13-14,16-18H2,1-3H3/t23-,24-,25+/m0/s1. The van der Waals surface area contributed by atoms with E-state index in [1.165, 1.54) is 0 Å². The number of ketones is 1. The van der Waals surface area contributed by atoms with Gasteiger partial charge in [-0.25, -0.2) is 4.52 Å². The molecule has 1 aromatic carbocycles. The molecule has 190 valence electrons. The number of fused-ring (bicyclic) bond motifs is 4. The maximum Gasteiger partial charge on any atom is 0.274 e. The van der Waals surface area contributed by atoms with Crippen LogP contribution >= 0.6 is 0 Å².